The number of hydrogen-bond donors (Lipinski definition) is 2. The van der Waals surface area contributed by atoms with Crippen molar-refractivity contribution in [1.82, 2.24) is 35.1 Å². The van der Waals surface area contributed by atoms with Gasteiger partial charge in [0.2, 0.25) is 5.91 Å². The van der Waals surface area contributed by atoms with E-state index in [1.165, 1.54) is 19.4 Å². The number of nitrogens with zero attached hydrogens (tertiary/aromatic N) is 5. The zero-order valence-corrected chi connectivity index (χ0v) is 26.7. The van der Waals surface area contributed by atoms with Gasteiger partial charge in [-0.05, 0) is 78.2 Å². The number of piperazine rings is 2. The molecule has 4 heterocycles. The van der Waals surface area contributed by atoms with Crippen molar-refractivity contribution in [2.24, 2.45) is 5.92 Å². The number of benzene rings is 2. The van der Waals surface area contributed by atoms with E-state index in [9.17, 15) is 14.4 Å². The normalized spacial score (nSPS) is 19.2. The Morgan fingerprint density at radius 2 is 1.53 bits per heavy atom. The monoisotopic (exact) mass is 697 g/mol. The summed E-state index contributed by atoms with van der Waals surface area (Å²) in [6.45, 7) is 10.0. The van der Waals surface area contributed by atoms with Gasteiger partial charge in [-0.1, -0.05) is 24.3 Å². The maximum atomic E-state index is 13.6. The lowest BCUT2D eigenvalue weighted by atomic mass is 9.97. The van der Waals surface area contributed by atoms with Crippen LogP contribution < -0.4 is 10.9 Å². The SMILES string of the molecule is O=C(CN1CCN(CC2CCNCC2)CC1)N1CCN(C(=O)c2cc(Cc3n[nH]c(=O)c4ccccc34)ccc2I)CC1. The maximum absolute atomic E-state index is 13.6. The van der Waals surface area contributed by atoms with Gasteiger partial charge < -0.3 is 20.0 Å². The first-order valence-electron chi connectivity index (χ1n) is 15.4. The zero-order valence-electron chi connectivity index (χ0n) is 24.6. The molecule has 0 radical (unpaired) electrons. The number of carbonyl (C=O) groups is 2. The van der Waals surface area contributed by atoms with E-state index < -0.39 is 0 Å². The molecule has 0 spiro atoms. The van der Waals surface area contributed by atoms with Gasteiger partial charge in [-0.3, -0.25) is 19.3 Å². The Bertz CT molecular complexity index is 1510. The summed E-state index contributed by atoms with van der Waals surface area (Å²) in [5.74, 6) is 0.950. The van der Waals surface area contributed by atoms with Crippen LogP contribution in [0.1, 0.15) is 34.5 Å². The number of H-pyrrole nitrogens is 1. The van der Waals surface area contributed by atoms with Crippen molar-refractivity contribution < 1.29 is 9.59 Å². The largest absolute Gasteiger partial charge is 0.338 e. The summed E-state index contributed by atoms with van der Waals surface area (Å²) in [5, 5.41) is 11.8. The van der Waals surface area contributed by atoms with E-state index in [4.69, 9.17) is 0 Å². The molecular formula is C32H40IN7O3. The summed E-state index contributed by atoms with van der Waals surface area (Å²) >= 11 is 2.21. The molecule has 0 aliphatic carbocycles. The highest BCUT2D eigenvalue weighted by Gasteiger charge is 2.28. The Morgan fingerprint density at radius 3 is 2.28 bits per heavy atom. The molecule has 3 aromatic rings. The first-order chi connectivity index (χ1) is 20.9. The molecule has 3 fully saturated rings. The minimum absolute atomic E-state index is 0.0116. The Labute approximate surface area is 265 Å². The molecule has 10 nitrogen and oxygen atoms in total. The van der Waals surface area contributed by atoms with Gasteiger partial charge in [0, 0.05) is 74.3 Å². The second kappa shape index (κ2) is 13.8. The van der Waals surface area contributed by atoms with E-state index in [2.05, 4.69) is 47.9 Å². The van der Waals surface area contributed by atoms with Gasteiger partial charge >= 0.3 is 0 Å². The summed E-state index contributed by atoms with van der Waals surface area (Å²) in [4.78, 5) is 47.5. The number of halogens is 1. The number of amides is 2. The van der Waals surface area contributed by atoms with Crippen LogP contribution in [0.25, 0.3) is 10.8 Å². The van der Waals surface area contributed by atoms with E-state index in [0.717, 1.165) is 65.4 Å². The van der Waals surface area contributed by atoms with E-state index in [0.29, 0.717) is 50.1 Å². The van der Waals surface area contributed by atoms with E-state index in [-0.39, 0.29) is 17.4 Å². The molecule has 2 N–H and O–H groups in total. The van der Waals surface area contributed by atoms with Crippen LogP contribution in [0.2, 0.25) is 0 Å². The lowest BCUT2D eigenvalue weighted by molar-refractivity contribution is -0.134. The van der Waals surface area contributed by atoms with Gasteiger partial charge in [0.25, 0.3) is 11.5 Å². The highest BCUT2D eigenvalue weighted by Crippen LogP contribution is 2.22. The molecule has 0 unspecified atom stereocenters. The minimum Gasteiger partial charge on any atom is -0.338 e. The average Bonchev–Trinajstić information content (AvgIpc) is 3.04. The molecule has 0 bridgehead atoms. The van der Waals surface area contributed by atoms with Crippen LogP contribution in [0.3, 0.4) is 0 Å². The van der Waals surface area contributed by atoms with E-state index >= 15 is 0 Å². The van der Waals surface area contributed by atoms with Crippen molar-refractivity contribution in [3.8, 4) is 0 Å². The second-order valence-corrected chi connectivity index (χ2v) is 13.1. The van der Waals surface area contributed by atoms with Crippen LogP contribution >= 0.6 is 22.6 Å². The van der Waals surface area contributed by atoms with E-state index in [1.54, 1.807) is 6.07 Å². The molecule has 228 valence electrons. The van der Waals surface area contributed by atoms with Crippen LogP contribution in [0.5, 0.6) is 0 Å². The smallest absolute Gasteiger partial charge is 0.272 e. The fraction of sp³-hybridized carbons (Fsp3) is 0.500. The van der Waals surface area contributed by atoms with Gasteiger partial charge in [-0.2, -0.15) is 5.10 Å². The number of piperidine rings is 1. The average molecular weight is 698 g/mol. The number of fused-ring (bicyclic) bond motifs is 1. The number of hydrogen-bond acceptors (Lipinski definition) is 7. The Morgan fingerprint density at radius 1 is 0.860 bits per heavy atom. The van der Waals surface area contributed by atoms with Crippen LogP contribution in [0, 0.1) is 9.49 Å². The highest BCUT2D eigenvalue weighted by atomic mass is 127. The molecule has 1 aromatic heterocycles. The fourth-order valence-electron chi connectivity index (χ4n) is 6.53. The molecule has 2 aromatic carbocycles. The summed E-state index contributed by atoms with van der Waals surface area (Å²) in [6, 6.07) is 13.3. The summed E-state index contributed by atoms with van der Waals surface area (Å²) in [5.41, 5.74) is 2.18. The molecule has 3 aliphatic heterocycles. The van der Waals surface area contributed by atoms with Gasteiger partial charge in [-0.15, -0.1) is 0 Å². The number of rotatable bonds is 7. The van der Waals surface area contributed by atoms with Crippen LogP contribution in [-0.4, -0.2) is 120 Å². The Kier molecular flexibility index (Phi) is 9.71. The molecule has 2 amide bonds. The number of carbonyl (C=O) groups excluding carboxylic acids is 2. The van der Waals surface area contributed by atoms with Crippen molar-refractivity contribution in [2.45, 2.75) is 19.3 Å². The summed E-state index contributed by atoms with van der Waals surface area (Å²) < 4.78 is 0.892. The molecule has 3 saturated heterocycles. The third-order valence-electron chi connectivity index (χ3n) is 9.13. The lowest BCUT2D eigenvalue weighted by Gasteiger charge is -2.39. The molecule has 11 heteroatoms. The first kappa shape index (κ1) is 30.2. The fourth-order valence-corrected chi connectivity index (χ4v) is 7.09. The number of aromatic nitrogens is 2. The standard InChI is InChI=1S/C32H40IN7O3/c33-28-6-5-24(20-29-25-3-1-2-4-26(25)31(42)36-35-29)19-27(28)32(43)40-17-15-39(16-18-40)30(41)22-38-13-11-37(12-14-38)21-23-7-9-34-10-8-23/h1-6,19,23,34H,7-18,20-22H2,(H,36,42). The molecule has 3 aliphatic rings. The van der Waals surface area contributed by atoms with Crippen LogP contribution in [0.4, 0.5) is 0 Å². The Hall–Kier alpha value is -2.87. The quantitative estimate of drug-likeness (QED) is 0.365. The van der Waals surface area contributed by atoms with Crippen molar-refractivity contribution in [3.05, 3.63) is 73.2 Å². The molecular weight excluding hydrogens is 657 g/mol. The lowest BCUT2D eigenvalue weighted by Crippen LogP contribution is -2.55. The maximum Gasteiger partial charge on any atom is 0.272 e. The number of aromatic amines is 1. The topological polar surface area (TPSA) is 105 Å². The van der Waals surface area contributed by atoms with Gasteiger partial charge in [0.15, 0.2) is 0 Å². The summed E-state index contributed by atoms with van der Waals surface area (Å²) in [7, 11) is 0. The van der Waals surface area contributed by atoms with Crippen molar-refractivity contribution in [3.63, 3.8) is 0 Å². The highest BCUT2D eigenvalue weighted by molar-refractivity contribution is 14.1. The van der Waals surface area contributed by atoms with Crippen molar-refractivity contribution >= 4 is 45.2 Å². The zero-order chi connectivity index (χ0) is 29.8. The minimum atomic E-state index is -0.207. The van der Waals surface area contributed by atoms with Crippen molar-refractivity contribution in [1.29, 1.82) is 0 Å². The van der Waals surface area contributed by atoms with Gasteiger partial charge in [0.05, 0.1) is 23.2 Å². The molecule has 0 atom stereocenters. The Balaban J connectivity index is 1.00. The van der Waals surface area contributed by atoms with Gasteiger partial charge in [-0.25, -0.2) is 5.10 Å². The predicted octanol–water partition coefficient (Wildman–Crippen LogP) is 2.02. The van der Waals surface area contributed by atoms with Crippen LogP contribution in [0.15, 0.2) is 47.3 Å². The molecule has 6 rings (SSSR count). The third-order valence-corrected chi connectivity index (χ3v) is 10.1. The van der Waals surface area contributed by atoms with E-state index in [1.807, 2.05) is 46.2 Å². The third kappa shape index (κ3) is 7.27. The van der Waals surface area contributed by atoms with Crippen molar-refractivity contribution in [2.75, 3.05) is 78.5 Å². The van der Waals surface area contributed by atoms with Gasteiger partial charge in [0.1, 0.15) is 0 Å². The molecule has 43 heavy (non-hydrogen) atoms. The second-order valence-electron chi connectivity index (χ2n) is 12.0. The molecule has 0 saturated carbocycles. The number of nitrogens with one attached hydrogen (secondary N) is 2. The van der Waals surface area contributed by atoms with Crippen LogP contribution in [-0.2, 0) is 11.2 Å². The first-order valence-corrected chi connectivity index (χ1v) is 16.5. The summed E-state index contributed by atoms with van der Waals surface area (Å²) in [6.07, 6.45) is 3.04. The predicted molar refractivity (Wildman–Crippen MR) is 175 cm³/mol.